The van der Waals surface area contributed by atoms with Gasteiger partial charge in [-0.25, -0.2) is 8.78 Å². The summed E-state index contributed by atoms with van der Waals surface area (Å²) in [5.74, 6) is -1.79. The molecule has 0 saturated carbocycles. The SMILES string of the molecule is CCOc1ccn(-c2ccc(F)cc2)c(=O)c1C(=O)Nc1ccc(Oc2cccnc2CC=N)c(F)c1. The number of ether oxygens (including phenoxy) is 2. The molecule has 0 unspecified atom stereocenters. The van der Waals surface area contributed by atoms with E-state index in [4.69, 9.17) is 14.9 Å². The molecule has 2 heterocycles. The number of nitrogens with one attached hydrogen (secondary N) is 2. The number of pyridine rings is 2. The maximum atomic E-state index is 14.8. The molecule has 0 atom stereocenters. The predicted molar refractivity (Wildman–Crippen MR) is 134 cm³/mol. The Hall–Kier alpha value is -4.86. The Labute approximate surface area is 210 Å². The Morgan fingerprint density at radius 2 is 1.86 bits per heavy atom. The molecule has 0 fully saturated rings. The molecule has 188 valence electrons. The van der Waals surface area contributed by atoms with Crippen molar-refractivity contribution in [2.24, 2.45) is 0 Å². The van der Waals surface area contributed by atoms with Gasteiger partial charge in [0.15, 0.2) is 11.6 Å². The summed E-state index contributed by atoms with van der Waals surface area (Å²) in [4.78, 5) is 30.5. The van der Waals surface area contributed by atoms with Crippen molar-refractivity contribution in [2.45, 2.75) is 13.3 Å². The van der Waals surface area contributed by atoms with Crippen LogP contribution in [-0.4, -0.2) is 28.3 Å². The highest BCUT2D eigenvalue weighted by molar-refractivity contribution is 6.06. The van der Waals surface area contributed by atoms with Crippen LogP contribution in [-0.2, 0) is 6.42 Å². The molecular formula is C27H22F2N4O4. The van der Waals surface area contributed by atoms with Gasteiger partial charge in [0.1, 0.15) is 22.9 Å². The Morgan fingerprint density at radius 3 is 2.57 bits per heavy atom. The number of anilines is 1. The van der Waals surface area contributed by atoms with E-state index in [0.717, 1.165) is 12.3 Å². The average molecular weight is 504 g/mol. The molecule has 2 N–H and O–H groups in total. The van der Waals surface area contributed by atoms with Gasteiger partial charge in [0.05, 0.1) is 12.3 Å². The molecule has 8 nitrogen and oxygen atoms in total. The lowest BCUT2D eigenvalue weighted by Crippen LogP contribution is -2.29. The van der Waals surface area contributed by atoms with Gasteiger partial charge in [0.2, 0.25) is 0 Å². The lowest BCUT2D eigenvalue weighted by atomic mass is 10.2. The zero-order valence-electron chi connectivity index (χ0n) is 19.7. The van der Waals surface area contributed by atoms with Gasteiger partial charge in [-0.2, -0.15) is 0 Å². The number of amides is 1. The third-order valence-electron chi connectivity index (χ3n) is 5.24. The molecule has 0 radical (unpaired) electrons. The van der Waals surface area contributed by atoms with Gasteiger partial charge in [0, 0.05) is 42.5 Å². The summed E-state index contributed by atoms with van der Waals surface area (Å²) in [6, 6.07) is 13.7. The van der Waals surface area contributed by atoms with E-state index in [1.54, 1.807) is 25.3 Å². The summed E-state index contributed by atoms with van der Waals surface area (Å²) < 4.78 is 40.5. The summed E-state index contributed by atoms with van der Waals surface area (Å²) in [6.07, 6.45) is 4.36. The fourth-order valence-electron chi connectivity index (χ4n) is 3.55. The maximum absolute atomic E-state index is 14.8. The van der Waals surface area contributed by atoms with Crippen LogP contribution >= 0.6 is 0 Å². The van der Waals surface area contributed by atoms with E-state index in [2.05, 4.69) is 10.3 Å². The van der Waals surface area contributed by atoms with Crippen LogP contribution in [0.4, 0.5) is 14.5 Å². The summed E-state index contributed by atoms with van der Waals surface area (Å²) in [7, 11) is 0. The second kappa shape index (κ2) is 11.3. The fraction of sp³-hybridized carbons (Fsp3) is 0.111. The summed E-state index contributed by atoms with van der Waals surface area (Å²) >= 11 is 0. The molecule has 0 saturated heterocycles. The minimum atomic E-state index is -0.807. The molecule has 0 aliphatic rings. The fourth-order valence-corrected chi connectivity index (χ4v) is 3.55. The zero-order valence-corrected chi connectivity index (χ0v) is 19.7. The van der Waals surface area contributed by atoms with Gasteiger partial charge >= 0.3 is 0 Å². The second-order valence-corrected chi connectivity index (χ2v) is 7.70. The summed E-state index contributed by atoms with van der Waals surface area (Å²) in [5, 5.41) is 9.79. The largest absolute Gasteiger partial charge is 0.493 e. The van der Waals surface area contributed by atoms with Crippen LogP contribution in [0.2, 0.25) is 0 Å². The quantitative estimate of drug-likeness (QED) is 0.307. The number of hydrogen-bond donors (Lipinski definition) is 2. The molecule has 4 rings (SSSR count). The minimum absolute atomic E-state index is 0.0547. The Morgan fingerprint density at radius 1 is 1.08 bits per heavy atom. The number of carbonyl (C=O) groups excluding carboxylic acids is 1. The molecule has 0 bridgehead atoms. The monoisotopic (exact) mass is 504 g/mol. The normalized spacial score (nSPS) is 10.6. The smallest absolute Gasteiger partial charge is 0.271 e. The molecule has 4 aromatic rings. The first-order chi connectivity index (χ1) is 17.9. The van der Waals surface area contributed by atoms with Crippen LogP contribution in [0.25, 0.3) is 5.69 Å². The van der Waals surface area contributed by atoms with Crippen LogP contribution in [0.5, 0.6) is 17.2 Å². The second-order valence-electron chi connectivity index (χ2n) is 7.70. The van der Waals surface area contributed by atoms with Crippen molar-refractivity contribution in [2.75, 3.05) is 11.9 Å². The maximum Gasteiger partial charge on any atom is 0.271 e. The van der Waals surface area contributed by atoms with Gasteiger partial charge < -0.3 is 20.2 Å². The van der Waals surface area contributed by atoms with E-state index < -0.39 is 23.1 Å². The van der Waals surface area contributed by atoms with Crippen molar-refractivity contribution in [1.29, 1.82) is 5.41 Å². The molecule has 0 spiro atoms. The highest BCUT2D eigenvalue weighted by Gasteiger charge is 2.21. The minimum Gasteiger partial charge on any atom is -0.493 e. The number of rotatable bonds is 9. The van der Waals surface area contributed by atoms with E-state index in [1.807, 2.05) is 0 Å². The zero-order chi connectivity index (χ0) is 26.4. The molecule has 37 heavy (non-hydrogen) atoms. The van der Waals surface area contributed by atoms with Gasteiger partial charge in [-0.1, -0.05) is 0 Å². The van der Waals surface area contributed by atoms with Gasteiger partial charge in [-0.15, -0.1) is 0 Å². The number of nitrogens with zero attached hydrogens (tertiary/aromatic N) is 2. The Bertz CT molecular complexity index is 1500. The summed E-state index contributed by atoms with van der Waals surface area (Å²) in [5.41, 5.74) is -0.0697. The summed E-state index contributed by atoms with van der Waals surface area (Å²) in [6.45, 7) is 1.91. The van der Waals surface area contributed by atoms with Crippen LogP contribution in [0.3, 0.4) is 0 Å². The van der Waals surface area contributed by atoms with Crippen molar-refractivity contribution in [3.63, 3.8) is 0 Å². The average Bonchev–Trinajstić information content (AvgIpc) is 2.88. The Balaban J connectivity index is 1.61. The molecule has 2 aromatic carbocycles. The number of halogens is 2. The molecule has 10 heteroatoms. The standard InChI is InChI=1S/C27H22F2N4O4/c1-2-36-24-12-15-33(19-8-5-17(28)6-9-19)27(35)25(24)26(34)32-18-7-10-22(20(29)16-18)37-23-4-3-14-31-21(23)11-13-30/h3-10,12-16,30H,2,11H2,1H3,(H,32,34). The van der Waals surface area contributed by atoms with Crippen molar-refractivity contribution >= 4 is 17.8 Å². The van der Waals surface area contributed by atoms with Crippen LogP contribution in [0.1, 0.15) is 23.0 Å². The lowest BCUT2D eigenvalue weighted by molar-refractivity contribution is 0.102. The van der Waals surface area contributed by atoms with Crippen LogP contribution in [0.15, 0.2) is 77.9 Å². The highest BCUT2D eigenvalue weighted by Crippen LogP contribution is 2.29. The third-order valence-corrected chi connectivity index (χ3v) is 5.24. The van der Waals surface area contributed by atoms with Crippen LogP contribution < -0.4 is 20.3 Å². The molecule has 1 amide bonds. The molecule has 0 aliphatic carbocycles. The Kier molecular flexibility index (Phi) is 7.68. The molecule has 2 aromatic heterocycles. The van der Waals surface area contributed by atoms with E-state index >= 15 is 0 Å². The van der Waals surface area contributed by atoms with Crippen molar-refractivity contribution in [3.05, 3.63) is 106 Å². The molecular weight excluding hydrogens is 482 g/mol. The predicted octanol–water partition coefficient (Wildman–Crippen LogP) is 5.15. The topological polar surface area (TPSA) is 106 Å². The third kappa shape index (κ3) is 5.69. The first-order valence-corrected chi connectivity index (χ1v) is 11.3. The number of hydrogen-bond acceptors (Lipinski definition) is 6. The van der Waals surface area contributed by atoms with Crippen LogP contribution in [0, 0.1) is 17.0 Å². The number of carbonyl (C=O) groups is 1. The number of aromatic nitrogens is 2. The van der Waals surface area contributed by atoms with E-state index in [9.17, 15) is 18.4 Å². The molecule has 0 aliphatic heterocycles. The van der Waals surface area contributed by atoms with Crippen molar-refractivity contribution < 1.29 is 23.0 Å². The first-order valence-electron chi connectivity index (χ1n) is 11.3. The van der Waals surface area contributed by atoms with Crippen molar-refractivity contribution in [1.82, 2.24) is 9.55 Å². The van der Waals surface area contributed by atoms with E-state index in [0.29, 0.717) is 17.1 Å². The van der Waals surface area contributed by atoms with Gasteiger partial charge in [-0.05, 0) is 61.5 Å². The lowest BCUT2D eigenvalue weighted by Gasteiger charge is -2.14. The van der Waals surface area contributed by atoms with Gasteiger partial charge in [0.25, 0.3) is 11.5 Å². The highest BCUT2D eigenvalue weighted by atomic mass is 19.1. The number of benzene rings is 2. The van der Waals surface area contributed by atoms with E-state index in [1.165, 1.54) is 53.2 Å². The van der Waals surface area contributed by atoms with Gasteiger partial charge in [-0.3, -0.25) is 19.1 Å². The first kappa shape index (κ1) is 25.2. The van der Waals surface area contributed by atoms with E-state index in [-0.39, 0.29) is 35.8 Å². The van der Waals surface area contributed by atoms with Crippen molar-refractivity contribution in [3.8, 4) is 22.9 Å².